The zero-order valence-electron chi connectivity index (χ0n) is 21.1. The van der Waals surface area contributed by atoms with E-state index in [0.717, 1.165) is 11.1 Å². The number of phenolic OH excluding ortho intramolecular Hbond substituents is 1. The number of ether oxygens (including phenoxy) is 2. The summed E-state index contributed by atoms with van der Waals surface area (Å²) in [7, 11) is 0. The van der Waals surface area contributed by atoms with Crippen LogP contribution in [0.15, 0.2) is 47.4 Å². The number of aliphatic hydroxyl groups excluding tert-OH is 1. The minimum atomic E-state index is -1.56. The van der Waals surface area contributed by atoms with Crippen molar-refractivity contribution in [1.29, 1.82) is 0 Å². The first-order chi connectivity index (χ1) is 16.8. The lowest BCUT2D eigenvalue weighted by Crippen LogP contribution is -2.38. The van der Waals surface area contributed by atoms with Gasteiger partial charge < -0.3 is 19.7 Å². The Bertz CT molecular complexity index is 1430. The Kier molecular flexibility index (Phi) is 5.01. The molecule has 2 N–H and O–H groups in total. The fourth-order valence-electron chi connectivity index (χ4n) is 5.26. The Morgan fingerprint density at radius 1 is 1.08 bits per heavy atom. The van der Waals surface area contributed by atoms with E-state index in [9.17, 15) is 24.6 Å². The molecule has 7 heteroatoms. The summed E-state index contributed by atoms with van der Waals surface area (Å²) in [6, 6.07) is 7.92. The number of ketones is 3. The van der Waals surface area contributed by atoms with Crippen molar-refractivity contribution in [2.24, 2.45) is 0 Å². The minimum absolute atomic E-state index is 0.0147. The molecule has 2 atom stereocenters. The van der Waals surface area contributed by atoms with Crippen LogP contribution in [0.2, 0.25) is 0 Å². The fraction of sp³-hybridized carbons (Fsp3) is 0.345. The summed E-state index contributed by atoms with van der Waals surface area (Å²) in [5.74, 6) is -2.02. The SMILES string of the molecule is CC(=O)C1=C(O)C=C2Oc3c4c(c(C)c(O)c3[C@]2(C)C1=O)OC(c1ccc(C(C)(C)C)cc1)CC4=O. The quantitative estimate of drug-likeness (QED) is 0.558. The van der Waals surface area contributed by atoms with Gasteiger partial charge in [0.2, 0.25) is 0 Å². The molecule has 2 aliphatic heterocycles. The van der Waals surface area contributed by atoms with Crippen molar-refractivity contribution < 1.29 is 34.1 Å². The van der Waals surface area contributed by atoms with Crippen LogP contribution >= 0.6 is 0 Å². The first-order valence-electron chi connectivity index (χ1n) is 11.9. The average molecular weight is 489 g/mol. The number of allylic oxidation sites excluding steroid dienone is 3. The summed E-state index contributed by atoms with van der Waals surface area (Å²) in [6.45, 7) is 10.7. The molecule has 0 saturated carbocycles. The van der Waals surface area contributed by atoms with Gasteiger partial charge in [0, 0.05) is 11.6 Å². The molecule has 3 aliphatic rings. The molecule has 0 spiro atoms. The minimum Gasteiger partial charge on any atom is -0.507 e. The maximum atomic E-state index is 13.5. The average Bonchev–Trinajstić information content (AvgIpc) is 3.09. The Hall–Kier alpha value is -3.87. The van der Waals surface area contributed by atoms with Gasteiger partial charge in [0.1, 0.15) is 51.4 Å². The fourth-order valence-corrected chi connectivity index (χ4v) is 5.26. The van der Waals surface area contributed by atoms with Crippen molar-refractivity contribution in [2.45, 2.75) is 64.9 Å². The topological polar surface area (TPSA) is 110 Å². The third-order valence-electron chi connectivity index (χ3n) is 7.43. The van der Waals surface area contributed by atoms with E-state index < -0.39 is 28.8 Å². The molecule has 1 aliphatic carbocycles. The third kappa shape index (κ3) is 3.15. The number of carbonyl (C=O) groups is 3. The second-order valence-corrected chi connectivity index (χ2v) is 10.9. The van der Waals surface area contributed by atoms with Gasteiger partial charge in [0.15, 0.2) is 17.3 Å². The predicted octanol–water partition coefficient (Wildman–Crippen LogP) is 5.22. The van der Waals surface area contributed by atoms with Crippen LogP contribution in [0.5, 0.6) is 17.2 Å². The number of Topliss-reactive ketones (excluding diaryl/α,β-unsaturated/α-hetero) is 3. The number of fused-ring (bicyclic) bond motifs is 5. The molecule has 0 bridgehead atoms. The van der Waals surface area contributed by atoms with Crippen molar-refractivity contribution in [1.82, 2.24) is 0 Å². The van der Waals surface area contributed by atoms with Crippen LogP contribution in [-0.2, 0) is 20.4 Å². The van der Waals surface area contributed by atoms with Crippen molar-refractivity contribution in [3.05, 3.63) is 75.3 Å². The maximum absolute atomic E-state index is 13.5. The molecule has 5 rings (SSSR count). The van der Waals surface area contributed by atoms with Gasteiger partial charge in [-0.2, -0.15) is 0 Å². The molecule has 2 aromatic rings. The normalized spacial score (nSPS) is 22.8. The van der Waals surface area contributed by atoms with Crippen LogP contribution in [0.3, 0.4) is 0 Å². The standard InChI is InChI=1S/C29H28O7/c1-13-24(33)23-26(36-20-12-18(32)21(14(2)30)27(34)29(20,23)6)22-17(31)11-19(35-25(13)22)15-7-9-16(10-8-15)28(3,4)5/h7-10,12,19,32-33H,11H2,1-6H3/t19?,29-/m1/s1. The summed E-state index contributed by atoms with van der Waals surface area (Å²) < 4.78 is 12.2. The summed E-state index contributed by atoms with van der Waals surface area (Å²) >= 11 is 0. The Labute approximate surface area is 209 Å². The predicted molar refractivity (Wildman–Crippen MR) is 132 cm³/mol. The van der Waals surface area contributed by atoms with Crippen molar-refractivity contribution in [3.8, 4) is 17.2 Å². The molecule has 2 aromatic carbocycles. The highest BCUT2D eigenvalue weighted by Gasteiger charge is 2.56. The molecular weight excluding hydrogens is 460 g/mol. The number of rotatable bonds is 2. The highest BCUT2D eigenvalue weighted by Crippen LogP contribution is 2.59. The number of benzene rings is 2. The van der Waals surface area contributed by atoms with E-state index in [4.69, 9.17) is 9.47 Å². The molecular formula is C29H28O7. The number of hydrogen-bond acceptors (Lipinski definition) is 7. The highest BCUT2D eigenvalue weighted by molar-refractivity contribution is 6.26. The monoisotopic (exact) mass is 488 g/mol. The van der Waals surface area contributed by atoms with E-state index in [0.29, 0.717) is 5.56 Å². The lowest BCUT2D eigenvalue weighted by atomic mass is 9.70. The zero-order chi connectivity index (χ0) is 26.3. The van der Waals surface area contributed by atoms with Crippen LogP contribution in [0, 0.1) is 6.92 Å². The lowest BCUT2D eigenvalue weighted by molar-refractivity contribution is -0.123. The Morgan fingerprint density at radius 3 is 2.31 bits per heavy atom. The molecule has 1 unspecified atom stereocenters. The van der Waals surface area contributed by atoms with Gasteiger partial charge in [-0.15, -0.1) is 0 Å². The van der Waals surface area contributed by atoms with Gasteiger partial charge in [-0.3, -0.25) is 14.4 Å². The van der Waals surface area contributed by atoms with Gasteiger partial charge in [0.05, 0.1) is 12.0 Å². The maximum Gasteiger partial charge on any atom is 0.188 e. The first-order valence-corrected chi connectivity index (χ1v) is 11.9. The van der Waals surface area contributed by atoms with Crippen LogP contribution in [0.4, 0.5) is 0 Å². The van der Waals surface area contributed by atoms with Crippen LogP contribution in [-0.4, -0.2) is 27.6 Å². The summed E-state index contributed by atoms with van der Waals surface area (Å²) in [4.78, 5) is 39.0. The Balaban J connectivity index is 1.62. The molecule has 0 fully saturated rings. The molecule has 186 valence electrons. The number of aliphatic hydroxyl groups is 1. The summed E-state index contributed by atoms with van der Waals surface area (Å²) in [5, 5.41) is 21.6. The number of phenols is 1. The Morgan fingerprint density at radius 2 is 1.72 bits per heavy atom. The van der Waals surface area contributed by atoms with E-state index in [1.807, 2.05) is 24.3 Å². The molecule has 7 nitrogen and oxygen atoms in total. The number of aromatic hydroxyl groups is 1. The van der Waals surface area contributed by atoms with Gasteiger partial charge in [-0.25, -0.2) is 0 Å². The van der Waals surface area contributed by atoms with Crippen LogP contribution in [0.1, 0.15) is 79.8 Å². The summed E-state index contributed by atoms with van der Waals surface area (Å²) in [5.41, 5.74) is 0.600. The molecule has 0 amide bonds. The van der Waals surface area contributed by atoms with Crippen molar-refractivity contribution in [2.75, 3.05) is 0 Å². The summed E-state index contributed by atoms with van der Waals surface area (Å²) in [6.07, 6.45) is 0.700. The van der Waals surface area contributed by atoms with E-state index in [1.54, 1.807) is 6.92 Å². The smallest absolute Gasteiger partial charge is 0.188 e. The second kappa shape index (κ2) is 7.56. The second-order valence-electron chi connectivity index (χ2n) is 10.9. The third-order valence-corrected chi connectivity index (χ3v) is 7.43. The van der Waals surface area contributed by atoms with Crippen LogP contribution < -0.4 is 9.47 Å². The highest BCUT2D eigenvalue weighted by atomic mass is 16.5. The first kappa shape index (κ1) is 23.9. The lowest BCUT2D eigenvalue weighted by Gasteiger charge is -2.30. The van der Waals surface area contributed by atoms with Crippen LogP contribution in [0.25, 0.3) is 0 Å². The van der Waals surface area contributed by atoms with Gasteiger partial charge in [0.25, 0.3) is 0 Å². The largest absolute Gasteiger partial charge is 0.507 e. The zero-order valence-corrected chi connectivity index (χ0v) is 21.1. The van der Waals surface area contributed by atoms with Crippen molar-refractivity contribution >= 4 is 17.3 Å². The van der Waals surface area contributed by atoms with Gasteiger partial charge in [-0.1, -0.05) is 45.0 Å². The molecule has 2 heterocycles. The van der Waals surface area contributed by atoms with Crippen molar-refractivity contribution in [3.63, 3.8) is 0 Å². The van der Waals surface area contributed by atoms with E-state index in [1.165, 1.54) is 19.9 Å². The molecule has 0 aromatic heterocycles. The number of carbonyl (C=O) groups excluding carboxylic acids is 3. The van der Waals surface area contributed by atoms with E-state index in [-0.39, 0.29) is 57.3 Å². The van der Waals surface area contributed by atoms with E-state index in [2.05, 4.69) is 20.8 Å². The van der Waals surface area contributed by atoms with Gasteiger partial charge in [-0.05, 0) is 37.3 Å². The number of hydrogen-bond donors (Lipinski definition) is 2. The molecule has 36 heavy (non-hydrogen) atoms. The molecule has 0 radical (unpaired) electrons. The van der Waals surface area contributed by atoms with Gasteiger partial charge >= 0.3 is 0 Å². The molecule has 0 saturated heterocycles. The van der Waals surface area contributed by atoms with E-state index >= 15 is 0 Å².